The summed E-state index contributed by atoms with van der Waals surface area (Å²) in [5.74, 6) is 2.33. The quantitative estimate of drug-likeness (QED) is 0.539. The van der Waals surface area contributed by atoms with Crippen molar-refractivity contribution >= 4 is 23.6 Å². The van der Waals surface area contributed by atoms with E-state index in [4.69, 9.17) is 9.72 Å². The average Bonchev–Trinajstić information content (AvgIpc) is 3.23. The Hall–Kier alpha value is -2.26. The molecule has 6 fully saturated rings. The van der Waals surface area contributed by atoms with Gasteiger partial charge in [0.2, 0.25) is 17.8 Å². The molecule has 7 aliphatic rings. The fraction of sp³-hybridized carbons (Fsp3) is 0.778. The molecule has 2 bridgehead atoms. The highest BCUT2D eigenvalue weighted by atomic mass is 16.5. The summed E-state index contributed by atoms with van der Waals surface area (Å²) < 4.78 is 5.49. The van der Waals surface area contributed by atoms with Gasteiger partial charge in [-0.3, -0.25) is 14.5 Å². The number of amides is 2. The monoisotopic (exact) mass is 494 g/mol. The molecule has 4 aliphatic carbocycles. The lowest BCUT2D eigenvalue weighted by Crippen LogP contribution is -2.78. The number of anilines is 2. The van der Waals surface area contributed by atoms with Gasteiger partial charge in [0, 0.05) is 56.1 Å². The van der Waals surface area contributed by atoms with Gasteiger partial charge in [-0.05, 0) is 69.6 Å². The first-order valence-electron chi connectivity index (χ1n) is 14.1. The standard InChI is InChI=1S/C27H38N6O3/c1-16-17-13-27(16,14-17)33-22-18(12-26(24(33)35)8-9-28-23(26)34)15-29-25(32-22)31-20-4-2-19(3-5-20)30-21-6-10-36-11-7-21/h15-17,19-21,30H,2-14H2,1H3,(H,28,34)(H,29,31,32)/t16-,17?,19?,20?,26-,27?/m1/s1. The highest BCUT2D eigenvalue weighted by Gasteiger charge is 2.71. The zero-order valence-corrected chi connectivity index (χ0v) is 21.2. The maximum Gasteiger partial charge on any atom is 0.244 e. The topological polar surface area (TPSA) is 108 Å². The Morgan fingerprint density at radius 2 is 1.78 bits per heavy atom. The summed E-state index contributed by atoms with van der Waals surface area (Å²) in [5, 5.41) is 10.3. The average molecular weight is 495 g/mol. The molecule has 9 heteroatoms. The summed E-state index contributed by atoms with van der Waals surface area (Å²) in [4.78, 5) is 38.5. The lowest BCUT2D eigenvalue weighted by Gasteiger charge is -2.71. The van der Waals surface area contributed by atoms with Gasteiger partial charge in [0.25, 0.3) is 0 Å². The molecule has 2 saturated heterocycles. The van der Waals surface area contributed by atoms with Crippen molar-refractivity contribution in [1.82, 2.24) is 20.6 Å². The predicted octanol–water partition coefficient (Wildman–Crippen LogP) is 2.16. The van der Waals surface area contributed by atoms with Crippen LogP contribution in [0.2, 0.25) is 0 Å². The Morgan fingerprint density at radius 1 is 1.06 bits per heavy atom. The van der Waals surface area contributed by atoms with Crippen LogP contribution in [-0.2, 0) is 20.7 Å². The second kappa shape index (κ2) is 8.38. The third-order valence-electron chi connectivity index (χ3n) is 10.4. The van der Waals surface area contributed by atoms with E-state index in [-0.39, 0.29) is 17.4 Å². The van der Waals surface area contributed by atoms with E-state index in [1.54, 1.807) is 0 Å². The van der Waals surface area contributed by atoms with Gasteiger partial charge in [0.05, 0.1) is 5.54 Å². The van der Waals surface area contributed by atoms with Crippen molar-refractivity contribution in [1.29, 1.82) is 0 Å². The van der Waals surface area contributed by atoms with Gasteiger partial charge in [0.1, 0.15) is 11.2 Å². The maximum absolute atomic E-state index is 14.0. The van der Waals surface area contributed by atoms with Crippen LogP contribution in [0.5, 0.6) is 0 Å². The normalized spacial score (nSPS) is 39.9. The minimum Gasteiger partial charge on any atom is -0.381 e. The third-order valence-corrected chi connectivity index (χ3v) is 10.4. The van der Waals surface area contributed by atoms with Crippen LogP contribution in [0.4, 0.5) is 11.8 Å². The van der Waals surface area contributed by atoms with Gasteiger partial charge in [-0.1, -0.05) is 6.92 Å². The number of rotatable bonds is 5. The first-order chi connectivity index (χ1) is 17.5. The van der Waals surface area contributed by atoms with E-state index < -0.39 is 5.41 Å². The molecule has 4 heterocycles. The van der Waals surface area contributed by atoms with Gasteiger partial charge in [-0.15, -0.1) is 0 Å². The van der Waals surface area contributed by atoms with Crippen LogP contribution >= 0.6 is 0 Å². The Bertz CT molecular complexity index is 1060. The smallest absolute Gasteiger partial charge is 0.244 e. The molecule has 3 N–H and O–H groups in total. The molecule has 9 nitrogen and oxygen atoms in total. The number of nitrogens with one attached hydrogen (secondary N) is 3. The molecule has 8 rings (SSSR count). The van der Waals surface area contributed by atoms with Crippen molar-refractivity contribution in [3.8, 4) is 0 Å². The van der Waals surface area contributed by atoms with Crippen LogP contribution in [0.3, 0.4) is 0 Å². The number of fused-ring (bicyclic) bond motifs is 1. The van der Waals surface area contributed by atoms with E-state index in [1.165, 1.54) is 0 Å². The van der Waals surface area contributed by atoms with E-state index in [1.807, 2.05) is 11.1 Å². The number of carbonyl (C=O) groups is 2. The van der Waals surface area contributed by atoms with E-state index >= 15 is 0 Å². The molecule has 194 valence electrons. The fourth-order valence-corrected chi connectivity index (χ4v) is 7.82. The Kier molecular flexibility index (Phi) is 5.33. The van der Waals surface area contributed by atoms with Gasteiger partial charge >= 0.3 is 0 Å². The van der Waals surface area contributed by atoms with Gasteiger partial charge < -0.3 is 20.7 Å². The highest BCUT2D eigenvalue weighted by molar-refractivity contribution is 6.15. The minimum absolute atomic E-state index is 0.0423. The molecular formula is C27H38N6O3. The highest BCUT2D eigenvalue weighted by Crippen LogP contribution is 2.67. The molecule has 1 aromatic rings. The molecule has 2 atom stereocenters. The second-order valence-electron chi connectivity index (χ2n) is 12.3. The number of aromatic nitrogens is 2. The molecule has 2 amide bonds. The van der Waals surface area contributed by atoms with Crippen molar-refractivity contribution in [2.75, 3.05) is 30.0 Å². The van der Waals surface area contributed by atoms with Crippen LogP contribution in [-0.4, -0.2) is 65.2 Å². The van der Waals surface area contributed by atoms with Crippen molar-refractivity contribution in [3.05, 3.63) is 11.8 Å². The first kappa shape index (κ1) is 22.9. The van der Waals surface area contributed by atoms with E-state index in [0.29, 0.717) is 55.3 Å². The molecule has 3 aliphatic heterocycles. The van der Waals surface area contributed by atoms with Crippen LogP contribution in [0, 0.1) is 17.3 Å². The van der Waals surface area contributed by atoms with E-state index in [9.17, 15) is 9.59 Å². The van der Waals surface area contributed by atoms with Gasteiger partial charge in [-0.2, -0.15) is 4.98 Å². The summed E-state index contributed by atoms with van der Waals surface area (Å²) in [6, 6.07) is 1.50. The molecule has 0 radical (unpaired) electrons. The lowest BCUT2D eigenvalue weighted by atomic mass is 9.42. The summed E-state index contributed by atoms with van der Waals surface area (Å²) in [6.45, 7) is 4.55. The van der Waals surface area contributed by atoms with Crippen molar-refractivity contribution in [3.63, 3.8) is 0 Å². The predicted molar refractivity (Wildman–Crippen MR) is 135 cm³/mol. The number of ether oxygens (including phenoxy) is 1. The van der Waals surface area contributed by atoms with Gasteiger partial charge in [0.15, 0.2) is 0 Å². The van der Waals surface area contributed by atoms with Crippen molar-refractivity contribution < 1.29 is 14.3 Å². The van der Waals surface area contributed by atoms with E-state index in [2.05, 4.69) is 27.9 Å². The molecule has 4 saturated carbocycles. The fourth-order valence-electron chi connectivity index (χ4n) is 7.82. The summed E-state index contributed by atoms with van der Waals surface area (Å²) in [6.07, 6.45) is 11.5. The molecule has 1 aromatic heterocycles. The Morgan fingerprint density at radius 3 is 2.42 bits per heavy atom. The number of carbonyl (C=O) groups excluding carboxylic acids is 2. The third kappa shape index (κ3) is 3.34. The maximum atomic E-state index is 14.0. The second-order valence-corrected chi connectivity index (χ2v) is 12.3. The molecule has 1 spiro atoms. The zero-order chi connectivity index (χ0) is 24.5. The minimum atomic E-state index is -0.990. The van der Waals surface area contributed by atoms with Crippen LogP contribution < -0.4 is 20.9 Å². The molecular weight excluding hydrogens is 456 g/mol. The zero-order valence-electron chi connectivity index (χ0n) is 21.2. The molecule has 0 aromatic carbocycles. The SMILES string of the molecule is C[C@@H]1C2CC1(N1C(=O)[C@]3(CCNC3=O)Cc3cnc(NC4CCC(NC5CCOCC5)CC4)nc31)C2. The van der Waals surface area contributed by atoms with Crippen LogP contribution in [0.1, 0.15) is 70.3 Å². The van der Waals surface area contributed by atoms with E-state index in [0.717, 1.165) is 76.0 Å². The van der Waals surface area contributed by atoms with Crippen molar-refractivity contribution in [2.45, 2.75) is 94.8 Å². The Balaban J connectivity index is 1.08. The summed E-state index contributed by atoms with van der Waals surface area (Å²) in [7, 11) is 0. The first-order valence-corrected chi connectivity index (χ1v) is 14.1. The van der Waals surface area contributed by atoms with Crippen LogP contribution in [0.25, 0.3) is 0 Å². The molecule has 36 heavy (non-hydrogen) atoms. The number of nitrogens with zero attached hydrogens (tertiary/aromatic N) is 3. The Labute approximate surface area is 212 Å². The van der Waals surface area contributed by atoms with Crippen LogP contribution in [0.15, 0.2) is 6.20 Å². The number of hydrogen-bond donors (Lipinski definition) is 3. The van der Waals surface area contributed by atoms with Crippen molar-refractivity contribution in [2.24, 2.45) is 17.3 Å². The number of hydrogen-bond acceptors (Lipinski definition) is 7. The summed E-state index contributed by atoms with van der Waals surface area (Å²) >= 11 is 0. The lowest BCUT2D eigenvalue weighted by molar-refractivity contribution is -0.151. The largest absolute Gasteiger partial charge is 0.381 e. The molecule has 0 unspecified atom stereocenters. The van der Waals surface area contributed by atoms with Gasteiger partial charge in [-0.25, -0.2) is 4.98 Å². The summed E-state index contributed by atoms with van der Waals surface area (Å²) in [5.41, 5.74) is -0.235.